The Hall–Kier alpha value is -2.57. The van der Waals surface area contributed by atoms with E-state index >= 15 is 0 Å². The zero-order valence-corrected chi connectivity index (χ0v) is 17.3. The number of nitrogen functional groups attached to an aromatic ring is 1. The second kappa shape index (κ2) is 10.7. The summed E-state index contributed by atoms with van der Waals surface area (Å²) in [7, 11) is 1.50. The number of aryl methyl sites for hydroxylation is 1. The molecule has 0 spiro atoms. The SMILES string of the molecule is C=NN(C1=C(CCC=O)CCc2ccc(N)cc21)c1ccc(SC)cc1.CN. The molecule has 0 aromatic heterocycles. The molecule has 0 atom stereocenters. The van der Waals surface area contributed by atoms with Gasteiger partial charge < -0.3 is 16.3 Å². The number of carbonyl (C=O) groups excluding carboxylic acids is 1. The van der Waals surface area contributed by atoms with Gasteiger partial charge in [0.2, 0.25) is 0 Å². The summed E-state index contributed by atoms with van der Waals surface area (Å²) in [6.07, 6.45) is 6.12. The second-order valence-electron chi connectivity index (χ2n) is 6.23. The van der Waals surface area contributed by atoms with Crippen LogP contribution in [0.1, 0.15) is 30.4 Å². The summed E-state index contributed by atoms with van der Waals surface area (Å²) in [5.41, 5.74) is 16.8. The zero-order chi connectivity index (χ0) is 20.5. The number of carbonyl (C=O) groups is 1. The molecular formula is C22H28N4OS. The normalized spacial score (nSPS) is 12.5. The summed E-state index contributed by atoms with van der Waals surface area (Å²) in [4.78, 5) is 12.1. The van der Waals surface area contributed by atoms with E-state index in [9.17, 15) is 4.79 Å². The predicted molar refractivity (Wildman–Crippen MR) is 122 cm³/mol. The third-order valence-corrected chi connectivity index (χ3v) is 5.40. The number of hydrazone groups is 1. The standard InChI is InChI=1S/C21H23N3OS.CH5N/c1-23-24(18-9-11-19(26-2)12-10-18)21-16(4-3-13-25)6-5-15-7-8-17(22)14-20(15)21;1-2/h7-14H,1,3-6,22H2,2H3;2H2,1H3. The first-order chi connectivity index (χ1) is 13.7. The topological polar surface area (TPSA) is 84.7 Å². The van der Waals surface area contributed by atoms with E-state index in [0.29, 0.717) is 6.42 Å². The number of thioether (sulfide) groups is 1. The molecule has 3 rings (SSSR count). The van der Waals surface area contributed by atoms with Crippen LogP contribution in [0.3, 0.4) is 0 Å². The molecular weight excluding hydrogens is 368 g/mol. The van der Waals surface area contributed by atoms with E-state index in [1.807, 2.05) is 29.3 Å². The Morgan fingerprint density at radius 2 is 1.89 bits per heavy atom. The van der Waals surface area contributed by atoms with Crippen molar-refractivity contribution in [1.29, 1.82) is 0 Å². The Morgan fingerprint density at radius 1 is 1.18 bits per heavy atom. The minimum absolute atomic E-state index is 0.507. The molecule has 2 aromatic carbocycles. The van der Waals surface area contributed by atoms with Crippen molar-refractivity contribution >= 4 is 41.8 Å². The molecule has 0 radical (unpaired) electrons. The fourth-order valence-corrected chi connectivity index (χ4v) is 3.78. The van der Waals surface area contributed by atoms with E-state index < -0.39 is 0 Å². The third-order valence-electron chi connectivity index (χ3n) is 4.65. The Labute approximate surface area is 171 Å². The highest BCUT2D eigenvalue weighted by atomic mass is 32.2. The van der Waals surface area contributed by atoms with E-state index in [0.717, 1.165) is 48.2 Å². The van der Waals surface area contributed by atoms with Gasteiger partial charge in [-0.05, 0) is 80.1 Å². The molecule has 4 N–H and O–H groups in total. The summed E-state index contributed by atoms with van der Waals surface area (Å²) in [6.45, 7) is 3.80. The van der Waals surface area contributed by atoms with Crippen molar-refractivity contribution in [1.82, 2.24) is 0 Å². The Kier molecular flexibility index (Phi) is 8.29. The number of rotatable bonds is 7. The van der Waals surface area contributed by atoms with E-state index in [-0.39, 0.29) is 0 Å². The summed E-state index contributed by atoms with van der Waals surface area (Å²) >= 11 is 1.70. The lowest BCUT2D eigenvalue weighted by Gasteiger charge is -2.30. The van der Waals surface area contributed by atoms with Gasteiger partial charge in [-0.1, -0.05) is 6.07 Å². The number of allylic oxidation sites excluding steroid dienone is 1. The third kappa shape index (κ3) is 4.82. The molecule has 0 heterocycles. The molecule has 0 saturated heterocycles. The van der Waals surface area contributed by atoms with Gasteiger partial charge in [-0.15, -0.1) is 11.8 Å². The number of hydrogen-bond acceptors (Lipinski definition) is 6. The summed E-state index contributed by atoms with van der Waals surface area (Å²) in [5, 5.41) is 6.19. The van der Waals surface area contributed by atoms with E-state index in [1.54, 1.807) is 11.8 Å². The molecule has 0 fully saturated rings. The van der Waals surface area contributed by atoms with Gasteiger partial charge in [-0.3, -0.25) is 0 Å². The fourth-order valence-electron chi connectivity index (χ4n) is 3.37. The minimum atomic E-state index is 0.507. The Bertz CT molecular complexity index is 846. The van der Waals surface area contributed by atoms with Gasteiger partial charge >= 0.3 is 0 Å². The van der Waals surface area contributed by atoms with Crippen LogP contribution in [0.5, 0.6) is 0 Å². The molecule has 2 aromatic rings. The predicted octanol–water partition coefficient (Wildman–Crippen LogP) is 4.32. The van der Waals surface area contributed by atoms with Crippen molar-refractivity contribution in [2.45, 2.75) is 30.6 Å². The van der Waals surface area contributed by atoms with Crippen LogP contribution in [0, 0.1) is 0 Å². The molecule has 6 heteroatoms. The second-order valence-corrected chi connectivity index (χ2v) is 7.10. The largest absolute Gasteiger partial charge is 0.399 e. The van der Waals surface area contributed by atoms with Gasteiger partial charge in [0.15, 0.2) is 0 Å². The van der Waals surface area contributed by atoms with Crippen LogP contribution in [0.15, 0.2) is 58.0 Å². The fraction of sp³-hybridized carbons (Fsp3) is 0.273. The van der Waals surface area contributed by atoms with Crippen molar-refractivity contribution in [3.05, 3.63) is 59.2 Å². The lowest BCUT2D eigenvalue weighted by Crippen LogP contribution is -2.20. The van der Waals surface area contributed by atoms with Crippen LogP contribution in [0.25, 0.3) is 5.70 Å². The minimum Gasteiger partial charge on any atom is -0.399 e. The first kappa shape index (κ1) is 21.7. The number of anilines is 2. The first-order valence-corrected chi connectivity index (χ1v) is 10.4. The summed E-state index contributed by atoms with van der Waals surface area (Å²) in [6, 6.07) is 14.3. The van der Waals surface area contributed by atoms with E-state index in [2.05, 4.69) is 42.0 Å². The average molecular weight is 397 g/mol. The number of nitrogens with zero attached hydrogens (tertiary/aromatic N) is 2. The van der Waals surface area contributed by atoms with E-state index in [1.165, 1.54) is 23.1 Å². The Morgan fingerprint density at radius 3 is 2.50 bits per heavy atom. The van der Waals surface area contributed by atoms with E-state index in [4.69, 9.17) is 5.73 Å². The average Bonchev–Trinajstić information content (AvgIpc) is 2.75. The Balaban J connectivity index is 0.00000136. The zero-order valence-electron chi connectivity index (χ0n) is 16.5. The van der Waals surface area contributed by atoms with Crippen LogP contribution < -0.4 is 16.5 Å². The van der Waals surface area contributed by atoms with Crippen LogP contribution in [0.4, 0.5) is 11.4 Å². The van der Waals surface area contributed by atoms with Crippen molar-refractivity contribution in [2.75, 3.05) is 24.0 Å². The van der Waals surface area contributed by atoms with Crippen molar-refractivity contribution in [2.24, 2.45) is 10.8 Å². The number of aldehydes is 1. The van der Waals surface area contributed by atoms with Gasteiger partial charge in [0.1, 0.15) is 6.29 Å². The number of nitrogens with two attached hydrogens (primary N) is 2. The van der Waals surface area contributed by atoms with Gasteiger partial charge in [0.25, 0.3) is 0 Å². The number of fused-ring (bicyclic) bond motifs is 1. The van der Waals surface area contributed by atoms with Crippen LogP contribution in [0.2, 0.25) is 0 Å². The highest BCUT2D eigenvalue weighted by Gasteiger charge is 2.24. The highest BCUT2D eigenvalue weighted by molar-refractivity contribution is 7.98. The molecule has 148 valence electrons. The number of benzene rings is 2. The maximum absolute atomic E-state index is 10.9. The molecule has 0 unspecified atom stereocenters. The van der Waals surface area contributed by atoms with Gasteiger partial charge in [0.05, 0.1) is 11.4 Å². The molecule has 0 aliphatic heterocycles. The lowest BCUT2D eigenvalue weighted by atomic mass is 9.86. The summed E-state index contributed by atoms with van der Waals surface area (Å²) in [5.74, 6) is 0. The molecule has 28 heavy (non-hydrogen) atoms. The van der Waals surface area contributed by atoms with Crippen molar-refractivity contribution in [3.63, 3.8) is 0 Å². The van der Waals surface area contributed by atoms with Gasteiger partial charge in [-0.2, -0.15) is 5.10 Å². The lowest BCUT2D eigenvalue weighted by molar-refractivity contribution is -0.107. The molecule has 5 nitrogen and oxygen atoms in total. The molecule has 0 amide bonds. The van der Waals surface area contributed by atoms with Crippen LogP contribution in [-0.2, 0) is 11.2 Å². The smallest absolute Gasteiger partial charge is 0.120 e. The van der Waals surface area contributed by atoms with Gasteiger partial charge in [0, 0.05) is 29.3 Å². The molecule has 1 aliphatic carbocycles. The summed E-state index contributed by atoms with van der Waals surface area (Å²) < 4.78 is 0. The highest BCUT2D eigenvalue weighted by Crippen LogP contribution is 2.39. The maximum atomic E-state index is 10.9. The van der Waals surface area contributed by atoms with Crippen LogP contribution >= 0.6 is 11.8 Å². The quantitative estimate of drug-likeness (QED) is 0.239. The number of hydrogen-bond donors (Lipinski definition) is 2. The molecule has 0 bridgehead atoms. The van der Waals surface area contributed by atoms with Crippen LogP contribution in [-0.4, -0.2) is 26.3 Å². The van der Waals surface area contributed by atoms with Crippen molar-refractivity contribution in [3.8, 4) is 0 Å². The first-order valence-electron chi connectivity index (χ1n) is 9.21. The maximum Gasteiger partial charge on any atom is 0.120 e. The molecule has 1 aliphatic rings. The molecule has 0 saturated carbocycles. The van der Waals surface area contributed by atoms with Gasteiger partial charge in [-0.25, -0.2) is 5.01 Å². The van der Waals surface area contributed by atoms with Crippen molar-refractivity contribution < 1.29 is 4.79 Å². The monoisotopic (exact) mass is 396 g/mol.